The Hall–Kier alpha value is -3.60. The van der Waals surface area contributed by atoms with Crippen LogP contribution in [0.1, 0.15) is 0 Å². The van der Waals surface area contributed by atoms with Crippen molar-refractivity contribution in [3.8, 4) is 17.4 Å². The lowest BCUT2D eigenvalue weighted by molar-refractivity contribution is -0.118. The van der Waals surface area contributed by atoms with Crippen LogP contribution < -0.4 is 25.0 Å². The van der Waals surface area contributed by atoms with Gasteiger partial charge in [-0.1, -0.05) is 23.7 Å². The number of piperazine rings is 1. The maximum Gasteiger partial charge on any atom is 0.250 e. The van der Waals surface area contributed by atoms with Gasteiger partial charge in [-0.25, -0.2) is 4.98 Å². The zero-order chi connectivity index (χ0) is 24.8. The number of ether oxygens (including phenoxy) is 2. The summed E-state index contributed by atoms with van der Waals surface area (Å²) in [7, 11) is 3.74. The lowest BCUT2D eigenvalue weighted by atomic mass is 10.2. The summed E-state index contributed by atoms with van der Waals surface area (Å²) in [6, 6.07) is 12.7. The zero-order valence-electron chi connectivity index (χ0n) is 19.5. The molecule has 4 rings (SSSR count). The normalized spacial score (nSPS) is 13.9. The van der Waals surface area contributed by atoms with Crippen molar-refractivity contribution in [1.82, 2.24) is 14.9 Å². The van der Waals surface area contributed by atoms with E-state index in [2.05, 4.69) is 37.4 Å². The van der Waals surface area contributed by atoms with E-state index >= 15 is 0 Å². The van der Waals surface area contributed by atoms with Gasteiger partial charge in [-0.15, -0.1) is 0 Å². The number of nitrogens with one attached hydrogen (secondary N) is 2. The van der Waals surface area contributed by atoms with Crippen LogP contribution in [0.3, 0.4) is 0 Å². The van der Waals surface area contributed by atoms with E-state index in [0.717, 1.165) is 31.9 Å². The van der Waals surface area contributed by atoms with E-state index < -0.39 is 12.5 Å². The van der Waals surface area contributed by atoms with Crippen molar-refractivity contribution in [1.29, 1.82) is 0 Å². The first kappa shape index (κ1) is 24.5. The number of para-hydroxylation sites is 2. The number of hydrogen-bond acceptors (Lipinski definition) is 9. The molecule has 35 heavy (non-hydrogen) atoms. The molecule has 1 saturated heterocycles. The number of aromatic nitrogens is 2. The number of amides is 1. The lowest BCUT2D eigenvalue weighted by Crippen LogP contribution is -2.44. The van der Waals surface area contributed by atoms with Crippen LogP contribution in [-0.2, 0) is 4.79 Å². The van der Waals surface area contributed by atoms with E-state index in [-0.39, 0.29) is 16.9 Å². The number of aliphatic hydroxyl groups excluding tert-OH is 1. The molecule has 2 aromatic carbocycles. The molecule has 3 N–H and O–H groups in total. The smallest absolute Gasteiger partial charge is 0.250 e. The van der Waals surface area contributed by atoms with Gasteiger partial charge in [-0.2, -0.15) is 4.98 Å². The Morgan fingerprint density at radius 3 is 2.63 bits per heavy atom. The highest BCUT2D eigenvalue weighted by atomic mass is 35.5. The van der Waals surface area contributed by atoms with E-state index in [9.17, 15) is 4.79 Å². The zero-order valence-corrected chi connectivity index (χ0v) is 20.2. The fraction of sp³-hybridized carbons (Fsp3) is 0.292. The molecule has 0 unspecified atom stereocenters. The first-order valence-corrected chi connectivity index (χ1v) is 11.4. The Balaban J connectivity index is 1.53. The molecule has 1 fully saturated rings. The molecule has 1 aliphatic heterocycles. The number of hydrogen-bond donors (Lipinski definition) is 3. The van der Waals surface area contributed by atoms with Gasteiger partial charge in [0.2, 0.25) is 17.7 Å². The van der Waals surface area contributed by atoms with Crippen LogP contribution in [0, 0.1) is 0 Å². The minimum atomic E-state index is -0.647. The highest BCUT2D eigenvalue weighted by molar-refractivity contribution is 6.31. The predicted octanol–water partition coefficient (Wildman–Crippen LogP) is 3.36. The Bertz CT molecular complexity index is 1190. The van der Waals surface area contributed by atoms with Gasteiger partial charge < -0.3 is 35.0 Å². The van der Waals surface area contributed by atoms with Crippen molar-refractivity contribution in [2.75, 3.05) is 62.5 Å². The lowest BCUT2D eigenvalue weighted by Gasteiger charge is -2.34. The van der Waals surface area contributed by atoms with Crippen molar-refractivity contribution < 1.29 is 19.4 Å². The Morgan fingerprint density at radius 2 is 1.89 bits per heavy atom. The third-order valence-electron chi connectivity index (χ3n) is 5.52. The third kappa shape index (κ3) is 6.10. The van der Waals surface area contributed by atoms with Crippen LogP contribution in [0.15, 0.2) is 48.7 Å². The largest absolute Gasteiger partial charge is 0.494 e. The number of halogens is 1. The minimum absolute atomic E-state index is 0.0999. The van der Waals surface area contributed by atoms with E-state index in [0.29, 0.717) is 22.9 Å². The Kier molecular flexibility index (Phi) is 7.86. The number of carbonyl (C=O) groups excluding carboxylic acids is 1. The summed E-state index contributed by atoms with van der Waals surface area (Å²) in [6.45, 7) is 3.28. The van der Waals surface area contributed by atoms with Crippen LogP contribution in [0.2, 0.25) is 5.02 Å². The SMILES string of the molecule is COc1cc(N2CCN(C)CC2)ccc1Nc1ncc(Cl)c(Oc2ccccc2NC(=O)CO)n1. The summed E-state index contributed by atoms with van der Waals surface area (Å²) in [5.74, 6) is 0.758. The molecule has 0 spiro atoms. The number of rotatable bonds is 8. The van der Waals surface area contributed by atoms with Crippen molar-refractivity contribution in [3.05, 3.63) is 53.7 Å². The summed E-state index contributed by atoms with van der Waals surface area (Å²) in [5, 5.41) is 14.9. The van der Waals surface area contributed by atoms with Gasteiger partial charge in [-0.3, -0.25) is 4.79 Å². The first-order chi connectivity index (χ1) is 17.0. The predicted molar refractivity (Wildman–Crippen MR) is 135 cm³/mol. The quantitative estimate of drug-likeness (QED) is 0.430. The van der Waals surface area contributed by atoms with Gasteiger partial charge >= 0.3 is 0 Å². The molecular weight excluding hydrogens is 472 g/mol. The molecule has 1 aromatic heterocycles. The average Bonchev–Trinajstić information content (AvgIpc) is 2.87. The minimum Gasteiger partial charge on any atom is -0.494 e. The van der Waals surface area contributed by atoms with Crippen molar-refractivity contribution in [3.63, 3.8) is 0 Å². The number of carbonyl (C=O) groups is 1. The van der Waals surface area contributed by atoms with E-state index in [1.165, 1.54) is 6.20 Å². The van der Waals surface area contributed by atoms with Crippen LogP contribution in [-0.4, -0.2) is 72.8 Å². The maximum atomic E-state index is 11.6. The molecule has 1 amide bonds. The number of aliphatic hydroxyl groups is 1. The second-order valence-electron chi connectivity index (χ2n) is 7.95. The molecule has 3 aromatic rings. The third-order valence-corrected chi connectivity index (χ3v) is 5.78. The molecule has 184 valence electrons. The summed E-state index contributed by atoms with van der Waals surface area (Å²) in [4.78, 5) is 24.9. The second kappa shape index (κ2) is 11.2. The van der Waals surface area contributed by atoms with Crippen molar-refractivity contribution in [2.45, 2.75) is 0 Å². The van der Waals surface area contributed by atoms with Crippen molar-refractivity contribution >= 4 is 40.5 Å². The molecule has 0 atom stereocenters. The van der Waals surface area contributed by atoms with E-state index in [1.807, 2.05) is 18.2 Å². The summed E-state index contributed by atoms with van der Waals surface area (Å²) < 4.78 is 11.5. The second-order valence-corrected chi connectivity index (χ2v) is 8.36. The van der Waals surface area contributed by atoms with Gasteiger partial charge in [0.15, 0.2) is 5.75 Å². The Labute approximate surface area is 208 Å². The van der Waals surface area contributed by atoms with Crippen LogP contribution >= 0.6 is 11.6 Å². The fourth-order valence-electron chi connectivity index (χ4n) is 3.60. The molecule has 0 bridgehead atoms. The van der Waals surface area contributed by atoms with Gasteiger partial charge in [0.1, 0.15) is 17.4 Å². The maximum absolute atomic E-state index is 11.6. The number of anilines is 4. The number of benzene rings is 2. The van der Waals surface area contributed by atoms with Gasteiger partial charge in [0, 0.05) is 37.9 Å². The van der Waals surface area contributed by atoms with Gasteiger partial charge in [-0.05, 0) is 31.3 Å². The molecule has 0 aliphatic carbocycles. The molecule has 1 aliphatic rings. The highest BCUT2D eigenvalue weighted by Crippen LogP contribution is 2.35. The molecule has 0 radical (unpaired) electrons. The number of likely N-dealkylation sites (N-methyl/N-ethyl adjacent to an activating group) is 1. The molecule has 2 heterocycles. The first-order valence-electron chi connectivity index (χ1n) is 11.1. The fourth-order valence-corrected chi connectivity index (χ4v) is 3.73. The van der Waals surface area contributed by atoms with Gasteiger partial charge in [0.05, 0.1) is 24.7 Å². The summed E-state index contributed by atoms with van der Waals surface area (Å²) >= 11 is 6.27. The van der Waals surface area contributed by atoms with Crippen LogP contribution in [0.5, 0.6) is 17.4 Å². The summed E-state index contributed by atoms with van der Waals surface area (Å²) in [6.07, 6.45) is 1.42. The summed E-state index contributed by atoms with van der Waals surface area (Å²) in [5.41, 5.74) is 2.15. The van der Waals surface area contributed by atoms with Crippen molar-refractivity contribution in [2.24, 2.45) is 0 Å². The molecule has 11 heteroatoms. The monoisotopic (exact) mass is 498 g/mol. The average molecular weight is 499 g/mol. The number of methoxy groups -OCH3 is 1. The molecule has 10 nitrogen and oxygen atoms in total. The number of nitrogens with zero attached hydrogens (tertiary/aromatic N) is 4. The van der Waals surface area contributed by atoms with Crippen LogP contribution in [0.4, 0.5) is 23.0 Å². The molecule has 0 saturated carbocycles. The topological polar surface area (TPSA) is 112 Å². The Morgan fingerprint density at radius 1 is 1.11 bits per heavy atom. The highest BCUT2D eigenvalue weighted by Gasteiger charge is 2.17. The van der Waals surface area contributed by atoms with Crippen LogP contribution in [0.25, 0.3) is 0 Å². The standard InChI is InChI=1S/C24H27ClN6O4/c1-30-9-11-31(12-10-30)16-7-8-19(21(13-16)34-2)28-24-26-14-17(25)23(29-24)35-20-6-4-3-5-18(20)27-22(33)15-32/h3-8,13-14,32H,9-12,15H2,1-2H3,(H,27,33)(H,26,28,29). The molecular formula is C24H27ClN6O4. The van der Waals surface area contributed by atoms with E-state index in [4.69, 9.17) is 26.2 Å². The van der Waals surface area contributed by atoms with E-state index in [1.54, 1.807) is 31.4 Å². The van der Waals surface area contributed by atoms with Gasteiger partial charge in [0.25, 0.3) is 0 Å².